The van der Waals surface area contributed by atoms with Crippen molar-refractivity contribution in [2.75, 3.05) is 25.9 Å². The van der Waals surface area contributed by atoms with Crippen LogP contribution in [0.2, 0.25) is 0 Å². The van der Waals surface area contributed by atoms with E-state index < -0.39 is 0 Å². The molecule has 0 atom stereocenters. The first-order chi connectivity index (χ1) is 8.15. The van der Waals surface area contributed by atoms with Gasteiger partial charge in [0.1, 0.15) is 5.69 Å². The lowest BCUT2D eigenvalue weighted by atomic mass is 10.2. The number of unbranched alkanes of at least 4 members (excludes halogenated alkanes) is 2. The molecule has 0 saturated heterocycles. The molecule has 0 fully saturated rings. The maximum atomic E-state index is 11.9. The van der Waals surface area contributed by atoms with Crippen LogP contribution in [-0.2, 0) is 0 Å². The molecule has 1 heterocycles. The first-order valence-electron chi connectivity index (χ1n) is 5.73. The van der Waals surface area contributed by atoms with Gasteiger partial charge in [-0.2, -0.15) is 0 Å². The van der Waals surface area contributed by atoms with Crippen LogP contribution in [0.15, 0.2) is 18.3 Å². The van der Waals surface area contributed by atoms with Crippen molar-refractivity contribution < 1.29 is 9.90 Å². The van der Waals surface area contributed by atoms with E-state index in [9.17, 15) is 4.79 Å². The van der Waals surface area contributed by atoms with E-state index in [4.69, 9.17) is 10.8 Å². The predicted molar refractivity (Wildman–Crippen MR) is 66.5 cm³/mol. The third kappa shape index (κ3) is 4.40. The van der Waals surface area contributed by atoms with Crippen LogP contribution in [0, 0.1) is 0 Å². The van der Waals surface area contributed by atoms with Gasteiger partial charge < -0.3 is 15.7 Å². The van der Waals surface area contributed by atoms with Crippen molar-refractivity contribution in [3.63, 3.8) is 0 Å². The third-order valence-corrected chi connectivity index (χ3v) is 2.50. The second-order valence-electron chi connectivity index (χ2n) is 3.99. The monoisotopic (exact) mass is 237 g/mol. The summed E-state index contributed by atoms with van der Waals surface area (Å²) in [6.45, 7) is 0.877. The van der Waals surface area contributed by atoms with Crippen molar-refractivity contribution in [3.8, 4) is 0 Å². The average molecular weight is 237 g/mol. The van der Waals surface area contributed by atoms with Gasteiger partial charge in [0.2, 0.25) is 0 Å². The van der Waals surface area contributed by atoms with Gasteiger partial charge in [-0.3, -0.25) is 4.79 Å². The predicted octanol–water partition coefficient (Wildman–Crippen LogP) is 0.898. The Bertz CT molecular complexity index is 351. The van der Waals surface area contributed by atoms with E-state index in [1.807, 2.05) is 0 Å². The number of hydrogen-bond acceptors (Lipinski definition) is 4. The molecule has 0 saturated carbocycles. The smallest absolute Gasteiger partial charge is 0.272 e. The zero-order valence-electron chi connectivity index (χ0n) is 10.1. The molecule has 0 aliphatic rings. The molecule has 0 spiro atoms. The van der Waals surface area contributed by atoms with E-state index in [1.165, 1.54) is 6.20 Å². The Morgan fingerprint density at radius 3 is 2.76 bits per heavy atom. The van der Waals surface area contributed by atoms with Crippen LogP contribution in [0.1, 0.15) is 29.8 Å². The molecule has 17 heavy (non-hydrogen) atoms. The van der Waals surface area contributed by atoms with E-state index in [-0.39, 0.29) is 12.5 Å². The maximum Gasteiger partial charge on any atom is 0.272 e. The number of anilines is 1. The molecule has 5 nitrogen and oxygen atoms in total. The Hall–Kier alpha value is -1.62. The Balaban J connectivity index is 2.43. The van der Waals surface area contributed by atoms with Gasteiger partial charge in [-0.05, 0) is 31.4 Å². The standard InChI is InChI=1S/C12H19N3O2/c1-15(7-3-2-4-8-16)12(17)11-6-5-10(13)9-14-11/h5-6,9,16H,2-4,7-8,13H2,1H3. The summed E-state index contributed by atoms with van der Waals surface area (Å²) in [5.41, 5.74) is 6.46. The lowest BCUT2D eigenvalue weighted by Crippen LogP contribution is -2.28. The number of nitrogen functional groups attached to an aromatic ring is 1. The summed E-state index contributed by atoms with van der Waals surface area (Å²) in [5, 5.41) is 8.64. The molecule has 94 valence electrons. The molecule has 0 aliphatic carbocycles. The Morgan fingerprint density at radius 1 is 1.41 bits per heavy atom. The topological polar surface area (TPSA) is 79.5 Å². The van der Waals surface area contributed by atoms with E-state index in [0.29, 0.717) is 17.9 Å². The molecular weight excluding hydrogens is 218 g/mol. The molecule has 1 rings (SSSR count). The second kappa shape index (κ2) is 6.85. The van der Waals surface area contributed by atoms with Crippen LogP contribution in [-0.4, -0.2) is 41.1 Å². The SMILES string of the molecule is CN(CCCCCO)C(=O)c1ccc(N)cn1. The molecule has 3 N–H and O–H groups in total. The Morgan fingerprint density at radius 2 is 2.18 bits per heavy atom. The minimum atomic E-state index is -0.103. The molecular formula is C12H19N3O2. The van der Waals surface area contributed by atoms with Gasteiger partial charge in [-0.1, -0.05) is 0 Å². The van der Waals surface area contributed by atoms with E-state index in [2.05, 4.69) is 4.98 Å². The van der Waals surface area contributed by atoms with Crippen LogP contribution < -0.4 is 5.73 Å². The van der Waals surface area contributed by atoms with Gasteiger partial charge in [0, 0.05) is 20.2 Å². The lowest BCUT2D eigenvalue weighted by Gasteiger charge is -2.16. The van der Waals surface area contributed by atoms with Gasteiger partial charge in [0.15, 0.2) is 0 Å². The lowest BCUT2D eigenvalue weighted by molar-refractivity contribution is 0.0786. The number of nitrogens with zero attached hydrogens (tertiary/aromatic N) is 2. The van der Waals surface area contributed by atoms with Gasteiger partial charge in [-0.15, -0.1) is 0 Å². The molecule has 0 aliphatic heterocycles. The number of carbonyl (C=O) groups excluding carboxylic acids is 1. The zero-order valence-corrected chi connectivity index (χ0v) is 10.1. The van der Waals surface area contributed by atoms with Crippen LogP contribution >= 0.6 is 0 Å². The van der Waals surface area contributed by atoms with Crippen LogP contribution in [0.4, 0.5) is 5.69 Å². The average Bonchev–Trinajstić information content (AvgIpc) is 2.34. The Kier molecular flexibility index (Phi) is 5.42. The summed E-state index contributed by atoms with van der Waals surface area (Å²) in [6.07, 6.45) is 4.07. The highest BCUT2D eigenvalue weighted by molar-refractivity contribution is 5.92. The highest BCUT2D eigenvalue weighted by Gasteiger charge is 2.11. The summed E-state index contributed by atoms with van der Waals surface area (Å²) >= 11 is 0. The van der Waals surface area contributed by atoms with Crippen LogP contribution in [0.25, 0.3) is 0 Å². The van der Waals surface area contributed by atoms with Crippen molar-refractivity contribution in [1.29, 1.82) is 0 Å². The quantitative estimate of drug-likeness (QED) is 0.720. The van der Waals surface area contributed by atoms with Crippen molar-refractivity contribution in [2.24, 2.45) is 0 Å². The number of rotatable bonds is 6. The largest absolute Gasteiger partial charge is 0.397 e. The molecule has 0 unspecified atom stereocenters. The van der Waals surface area contributed by atoms with E-state index >= 15 is 0 Å². The van der Waals surface area contributed by atoms with Gasteiger partial charge >= 0.3 is 0 Å². The number of aliphatic hydroxyl groups excluding tert-OH is 1. The minimum absolute atomic E-state index is 0.103. The molecule has 1 aromatic heterocycles. The normalized spacial score (nSPS) is 10.2. The number of nitrogens with two attached hydrogens (primary N) is 1. The van der Waals surface area contributed by atoms with Gasteiger partial charge in [0.05, 0.1) is 11.9 Å². The number of pyridine rings is 1. The number of amides is 1. The third-order valence-electron chi connectivity index (χ3n) is 2.50. The Labute approximate surface area is 101 Å². The summed E-state index contributed by atoms with van der Waals surface area (Å²) in [7, 11) is 1.75. The summed E-state index contributed by atoms with van der Waals surface area (Å²) < 4.78 is 0. The summed E-state index contributed by atoms with van der Waals surface area (Å²) in [5.74, 6) is -0.103. The number of aromatic nitrogens is 1. The fourth-order valence-electron chi connectivity index (χ4n) is 1.47. The first-order valence-corrected chi connectivity index (χ1v) is 5.73. The van der Waals surface area contributed by atoms with Crippen molar-refractivity contribution >= 4 is 11.6 Å². The van der Waals surface area contributed by atoms with Crippen molar-refractivity contribution in [1.82, 2.24) is 9.88 Å². The van der Waals surface area contributed by atoms with Crippen molar-refractivity contribution in [2.45, 2.75) is 19.3 Å². The highest BCUT2D eigenvalue weighted by Crippen LogP contribution is 2.05. The second-order valence-corrected chi connectivity index (χ2v) is 3.99. The fourth-order valence-corrected chi connectivity index (χ4v) is 1.47. The van der Waals surface area contributed by atoms with Gasteiger partial charge in [0.25, 0.3) is 5.91 Å². The molecule has 1 amide bonds. The number of aliphatic hydroxyl groups is 1. The van der Waals surface area contributed by atoms with Crippen molar-refractivity contribution in [3.05, 3.63) is 24.0 Å². The van der Waals surface area contributed by atoms with E-state index in [1.54, 1.807) is 24.1 Å². The first kappa shape index (κ1) is 13.4. The molecule has 0 aromatic carbocycles. The zero-order chi connectivity index (χ0) is 12.7. The number of hydrogen-bond donors (Lipinski definition) is 2. The maximum absolute atomic E-state index is 11.9. The minimum Gasteiger partial charge on any atom is -0.397 e. The highest BCUT2D eigenvalue weighted by atomic mass is 16.2. The number of carbonyl (C=O) groups is 1. The van der Waals surface area contributed by atoms with Gasteiger partial charge in [-0.25, -0.2) is 4.98 Å². The summed E-state index contributed by atoms with van der Waals surface area (Å²) in [6, 6.07) is 3.29. The summed E-state index contributed by atoms with van der Waals surface area (Å²) in [4.78, 5) is 17.5. The molecule has 0 bridgehead atoms. The molecule has 5 heteroatoms. The van der Waals surface area contributed by atoms with E-state index in [0.717, 1.165) is 19.3 Å². The molecule has 0 radical (unpaired) electrons. The van der Waals surface area contributed by atoms with Crippen LogP contribution in [0.3, 0.4) is 0 Å². The van der Waals surface area contributed by atoms with Crippen LogP contribution in [0.5, 0.6) is 0 Å². The fraction of sp³-hybridized carbons (Fsp3) is 0.500. The molecule has 1 aromatic rings.